The van der Waals surface area contributed by atoms with Crippen LogP contribution in [0.2, 0.25) is 0 Å². The molecule has 0 atom stereocenters. The molecule has 0 saturated heterocycles. The molecule has 3 heterocycles. The number of pyridine rings is 1. The van der Waals surface area contributed by atoms with Crippen LogP contribution in [0.3, 0.4) is 0 Å². The number of sulfonamides is 1. The highest BCUT2D eigenvalue weighted by Gasteiger charge is 2.29. The standard InChI is InChI=1S/C19H24N6O2S/c1-13-19(14(2)24(3)22-13)28(26,27)21-10-11-25-18(16-4-5-16)12-17(23-25)15-6-8-20-9-7-15/h6-9,12,16,21H,4-5,10-11H2,1-3H3. The minimum atomic E-state index is -3.62. The van der Waals surface area contributed by atoms with E-state index in [1.54, 1.807) is 38.0 Å². The van der Waals surface area contributed by atoms with Gasteiger partial charge in [0.25, 0.3) is 0 Å². The van der Waals surface area contributed by atoms with Crippen LogP contribution in [0.15, 0.2) is 35.5 Å². The molecule has 9 heteroatoms. The van der Waals surface area contributed by atoms with Crippen LogP contribution in [-0.4, -0.2) is 39.5 Å². The highest BCUT2D eigenvalue weighted by Crippen LogP contribution is 2.41. The van der Waals surface area contributed by atoms with Gasteiger partial charge in [0.1, 0.15) is 4.90 Å². The lowest BCUT2D eigenvalue weighted by atomic mass is 10.2. The van der Waals surface area contributed by atoms with E-state index in [-0.39, 0.29) is 11.4 Å². The molecule has 3 aromatic heterocycles. The molecule has 3 aromatic rings. The van der Waals surface area contributed by atoms with Gasteiger partial charge in [-0.2, -0.15) is 10.2 Å². The SMILES string of the molecule is Cc1nn(C)c(C)c1S(=O)(=O)NCCn1nc(-c2ccncc2)cc1C1CC1. The van der Waals surface area contributed by atoms with Crippen molar-refractivity contribution in [3.8, 4) is 11.3 Å². The summed E-state index contributed by atoms with van der Waals surface area (Å²) in [6, 6.07) is 5.97. The van der Waals surface area contributed by atoms with E-state index >= 15 is 0 Å². The Morgan fingerprint density at radius 3 is 2.50 bits per heavy atom. The van der Waals surface area contributed by atoms with Gasteiger partial charge in [-0.15, -0.1) is 0 Å². The van der Waals surface area contributed by atoms with E-state index in [0.717, 1.165) is 24.1 Å². The third-order valence-corrected chi connectivity index (χ3v) is 6.82. The molecule has 1 aliphatic carbocycles. The monoisotopic (exact) mass is 400 g/mol. The van der Waals surface area contributed by atoms with Crippen molar-refractivity contribution in [3.05, 3.63) is 47.7 Å². The molecule has 1 aliphatic rings. The summed E-state index contributed by atoms with van der Waals surface area (Å²) in [6.07, 6.45) is 5.80. The first-order valence-corrected chi connectivity index (χ1v) is 10.8. The molecule has 0 unspecified atom stereocenters. The maximum absolute atomic E-state index is 12.7. The van der Waals surface area contributed by atoms with E-state index in [1.165, 1.54) is 5.69 Å². The number of hydrogen-bond acceptors (Lipinski definition) is 5. The summed E-state index contributed by atoms with van der Waals surface area (Å²) in [5.74, 6) is 0.516. The first-order valence-electron chi connectivity index (χ1n) is 9.35. The maximum atomic E-state index is 12.7. The molecule has 8 nitrogen and oxygen atoms in total. The molecular formula is C19H24N6O2S. The summed E-state index contributed by atoms with van der Waals surface area (Å²) in [5, 5.41) is 8.91. The molecule has 0 spiro atoms. The molecule has 0 aliphatic heterocycles. The molecule has 148 valence electrons. The molecule has 0 radical (unpaired) electrons. The number of nitrogens with zero attached hydrogens (tertiary/aromatic N) is 5. The fraction of sp³-hybridized carbons (Fsp3) is 0.421. The number of aryl methyl sites for hydroxylation is 2. The third-order valence-electron chi connectivity index (χ3n) is 5.11. The van der Waals surface area contributed by atoms with Crippen LogP contribution in [0.4, 0.5) is 0 Å². The lowest BCUT2D eigenvalue weighted by Crippen LogP contribution is -2.29. The second-order valence-corrected chi connectivity index (χ2v) is 8.91. The lowest BCUT2D eigenvalue weighted by Gasteiger charge is -2.09. The zero-order chi connectivity index (χ0) is 19.9. The average Bonchev–Trinajstić information content (AvgIpc) is 3.35. The van der Waals surface area contributed by atoms with E-state index in [2.05, 4.69) is 20.9 Å². The zero-order valence-electron chi connectivity index (χ0n) is 16.3. The summed E-state index contributed by atoms with van der Waals surface area (Å²) in [5.41, 5.74) is 4.21. The van der Waals surface area contributed by atoms with E-state index < -0.39 is 10.0 Å². The van der Waals surface area contributed by atoms with Gasteiger partial charge in [-0.3, -0.25) is 14.3 Å². The van der Waals surface area contributed by atoms with Gasteiger partial charge in [-0.25, -0.2) is 13.1 Å². The van der Waals surface area contributed by atoms with Crippen LogP contribution in [0.5, 0.6) is 0 Å². The van der Waals surface area contributed by atoms with Crippen molar-refractivity contribution >= 4 is 10.0 Å². The van der Waals surface area contributed by atoms with Crippen LogP contribution in [0, 0.1) is 13.8 Å². The van der Waals surface area contributed by atoms with Crippen molar-refractivity contribution in [2.75, 3.05) is 6.54 Å². The predicted octanol–water partition coefficient (Wildman–Crippen LogP) is 2.15. The largest absolute Gasteiger partial charge is 0.271 e. The molecule has 0 bridgehead atoms. The molecule has 1 fully saturated rings. The molecular weight excluding hydrogens is 376 g/mol. The zero-order valence-corrected chi connectivity index (χ0v) is 17.1. The summed E-state index contributed by atoms with van der Waals surface area (Å²) in [4.78, 5) is 4.31. The van der Waals surface area contributed by atoms with Gasteiger partial charge in [0, 0.05) is 43.2 Å². The van der Waals surface area contributed by atoms with Crippen LogP contribution in [0.1, 0.15) is 35.8 Å². The highest BCUT2D eigenvalue weighted by molar-refractivity contribution is 7.89. The van der Waals surface area contributed by atoms with Crippen molar-refractivity contribution < 1.29 is 8.42 Å². The molecule has 0 aromatic carbocycles. The Balaban J connectivity index is 1.51. The van der Waals surface area contributed by atoms with Crippen molar-refractivity contribution in [2.45, 2.75) is 44.0 Å². The molecule has 28 heavy (non-hydrogen) atoms. The fourth-order valence-electron chi connectivity index (χ4n) is 3.48. The molecule has 0 amide bonds. The van der Waals surface area contributed by atoms with Crippen LogP contribution in [-0.2, 0) is 23.6 Å². The van der Waals surface area contributed by atoms with Crippen molar-refractivity contribution in [2.24, 2.45) is 7.05 Å². The van der Waals surface area contributed by atoms with Gasteiger partial charge in [0.05, 0.1) is 23.6 Å². The smallest absolute Gasteiger partial charge is 0.244 e. The molecule has 4 rings (SSSR count). The summed E-state index contributed by atoms with van der Waals surface area (Å²) < 4.78 is 31.7. The Labute approximate surface area is 164 Å². The van der Waals surface area contributed by atoms with E-state index in [4.69, 9.17) is 5.10 Å². The number of hydrogen-bond donors (Lipinski definition) is 1. The Bertz CT molecular complexity index is 1100. The summed E-state index contributed by atoms with van der Waals surface area (Å²) in [6.45, 7) is 4.22. The van der Waals surface area contributed by atoms with Gasteiger partial charge in [-0.1, -0.05) is 0 Å². The number of nitrogens with one attached hydrogen (secondary N) is 1. The topological polar surface area (TPSA) is 94.7 Å². The highest BCUT2D eigenvalue weighted by atomic mass is 32.2. The lowest BCUT2D eigenvalue weighted by molar-refractivity contribution is 0.551. The number of rotatable bonds is 7. The van der Waals surface area contributed by atoms with Gasteiger partial charge >= 0.3 is 0 Å². The Hall–Kier alpha value is -2.52. The third kappa shape index (κ3) is 3.59. The van der Waals surface area contributed by atoms with Crippen molar-refractivity contribution in [1.82, 2.24) is 29.3 Å². The fourth-order valence-corrected chi connectivity index (χ4v) is 4.94. The first kappa shape index (κ1) is 18.8. The Kier molecular flexibility index (Phi) is 4.80. The predicted molar refractivity (Wildman–Crippen MR) is 105 cm³/mol. The summed E-state index contributed by atoms with van der Waals surface area (Å²) >= 11 is 0. The molecule has 1 N–H and O–H groups in total. The summed E-state index contributed by atoms with van der Waals surface area (Å²) in [7, 11) is -1.87. The van der Waals surface area contributed by atoms with Crippen LogP contribution in [0.25, 0.3) is 11.3 Å². The minimum absolute atomic E-state index is 0.260. The average molecular weight is 401 g/mol. The minimum Gasteiger partial charge on any atom is -0.271 e. The quantitative estimate of drug-likeness (QED) is 0.656. The van der Waals surface area contributed by atoms with Gasteiger partial charge in [0.15, 0.2) is 0 Å². The van der Waals surface area contributed by atoms with Crippen molar-refractivity contribution in [1.29, 1.82) is 0 Å². The Morgan fingerprint density at radius 2 is 1.89 bits per heavy atom. The van der Waals surface area contributed by atoms with E-state index in [0.29, 0.717) is 23.9 Å². The van der Waals surface area contributed by atoms with Crippen LogP contribution < -0.4 is 4.72 Å². The first-order chi connectivity index (χ1) is 13.4. The second-order valence-electron chi connectivity index (χ2n) is 7.21. The van der Waals surface area contributed by atoms with Gasteiger partial charge < -0.3 is 0 Å². The number of aromatic nitrogens is 5. The Morgan fingerprint density at radius 1 is 1.18 bits per heavy atom. The van der Waals surface area contributed by atoms with E-state index in [1.807, 2.05) is 16.8 Å². The van der Waals surface area contributed by atoms with Crippen molar-refractivity contribution in [3.63, 3.8) is 0 Å². The second kappa shape index (κ2) is 7.14. The maximum Gasteiger partial charge on any atom is 0.244 e. The normalized spacial score (nSPS) is 14.5. The van der Waals surface area contributed by atoms with Gasteiger partial charge in [-0.05, 0) is 44.9 Å². The van der Waals surface area contributed by atoms with Crippen LogP contribution >= 0.6 is 0 Å². The van der Waals surface area contributed by atoms with E-state index in [9.17, 15) is 8.42 Å². The van der Waals surface area contributed by atoms with Gasteiger partial charge in [0.2, 0.25) is 10.0 Å². The molecule has 1 saturated carbocycles.